The average Bonchev–Trinajstić information content (AvgIpc) is 2.79. The standard InChI is InChI=1S/C19H24F3N3O2/c1-12(2)11-25-14(4)17(13(3)24-25)9-10-18(26)23-15-5-7-16(8-6-15)27-19(20,21)22/h5-8,12H,9-11H2,1-4H3,(H,23,26). The van der Waals surface area contributed by atoms with E-state index in [2.05, 4.69) is 29.0 Å². The van der Waals surface area contributed by atoms with Crippen molar-refractivity contribution in [3.8, 4) is 5.75 Å². The van der Waals surface area contributed by atoms with E-state index >= 15 is 0 Å². The number of rotatable bonds is 7. The lowest BCUT2D eigenvalue weighted by Crippen LogP contribution is -2.17. The van der Waals surface area contributed by atoms with E-state index in [1.54, 1.807) is 0 Å². The van der Waals surface area contributed by atoms with Gasteiger partial charge in [-0.05, 0) is 56.0 Å². The quantitative estimate of drug-likeness (QED) is 0.759. The number of halogens is 3. The number of hydrogen-bond donors (Lipinski definition) is 1. The summed E-state index contributed by atoms with van der Waals surface area (Å²) in [6.07, 6.45) is -3.92. The van der Waals surface area contributed by atoms with Gasteiger partial charge in [-0.15, -0.1) is 13.2 Å². The molecule has 5 nitrogen and oxygen atoms in total. The number of carbonyl (C=O) groups excluding carboxylic acids is 1. The number of anilines is 1. The maximum absolute atomic E-state index is 12.2. The molecule has 0 unspecified atom stereocenters. The van der Waals surface area contributed by atoms with Crippen LogP contribution < -0.4 is 10.1 Å². The van der Waals surface area contributed by atoms with E-state index in [9.17, 15) is 18.0 Å². The van der Waals surface area contributed by atoms with Gasteiger partial charge in [-0.25, -0.2) is 0 Å². The Kier molecular flexibility index (Phi) is 6.51. The molecule has 0 aliphatic heterocycles. The molecular weight excluding hydrogens is 359 g/mol. The minimum absolute atomic E-state index is 0.213. The van der Waals surface area contributed by atoms with Crippen molar-refractivity contribution in [2.75, 3.05) is 5.32 Å². The Labute approximate surface area is 156 Å². The first-order valence-electron chi connectivity index (χ1n) is 8.73. The van der Waals surface area contributed by atoms with Gasteiger partial charge in [0.05, 0.1) is 5.69 Å². The summed E-state index contributed by atoms with van der Waals surface area (Å²) in [6, 6.07) is 5.06. The number of nitrogens with zero attached hydrogens (tertiary/aromatic N) is 2. The summed E-state index contributed by atoms with van der Waals surface area (Å²) < 4.78 is 42.2. The van der Waals surface area contributed by atoms with Crippen LogP contribution in [0.5, 0.6) is 5.75 Å². The molecular formula is C19H24F3N3O2. The third-order valence-corrected chi connectivity index (χ3v) is 4.04. The number of ether oxygens (including phenoxy) is 1. The van der Waals surface area contributed by atoms with E-state index in [0.717, 1.165) is 35.6 Å². The lowest BCUT2D eigenvalue weighted by atomic mass is 10.1. The zero-order valence-corrected chi connectivity index (χ0v) is 15.9. The second-order valence-corrected chi connectivity index (χ2v) is 6.85. The molecule has 0 fully saturated rings. The molecule has 2 aromatic rings. The molecule has 0 radical (unpaired) electrons. The molecule has 0 spiro atoms. The third kappa shape index (κ3) is 6.30. The van der Waals surface area contributed by atoms with Gasteiger partial charge in [0.1, 0.15) is 5.75 Å². The fourth-order valence-electron chi connectivity index (χ4n) is 2.82. The molecule has 1 aromatic heterocycles. The molecule has 148 valence electrons. The number of nitrogens with one attached hydrogen (secondary N) is 1. The average molecular weight is 383 g/mol. The van der Waals surface area contributed by atoms with Gasteiger partial charge in [0.25, 0.3) is 0 Å². The van der Waals surface area contributed by atoms with Gasteiger partial charge in [-0.3, -0.25) is 9.48 Å². The van der Waals surface area contributed by atoms with Crippen LogP contribution in [-0.2, 0) is 17.8 Å². The van der Waals surface area contributed by atoms with Crippen LogP contribution in [-0.4, -0.2) is 22.1 Å². The fourth-order valence-corrected chi connectivity index (χ4v) is 2.82. The van der Waals surface area contributed by atoms with Gasteiger partial charge in [-0.1, -0.05) is 13.8 Å². The van der Waals surface area contributed by atoms with Crippen LogP contribution in [0.4, 0.5) is 18.9 Å². The molecule has 27 heavy (non-hydrogen) atoms. The SMILES string of the molecule is Cc1nn(CC(C)C)c(C)c1CCC(=O)Nc1ccc(OC(F)(F)F)cc1. The summed E-state index contributed by atoms with van der Waals surface area (Å²) in [4.78, 5) is 12.2. The van der Waals surface area contributed by atoms with Crippen LogP contribution in [0, 0.1) is 19.8 Å². The molecule has 0 atom stereocenters. The Morgan fingerprint density at radius 3 is 2.41 bits per heavy atom. The molecule has 2 rings (SSSR count). The van der Waals surface area contributed by atoms with Crippen LogP contribution in [0.3, 0.4) is 0 Å². The van der Waals surface area contributed by atoms with E-state index in [4.69, 9.17) is 0 Å². The van der Waals surface area contributed by atoms with Gasteiger partial charge in [0.15, 0.2) is 0 Å². The van der Waals surface area contributed by atoms with Gasteiger partial charge < -0.3 is 10.1 Å². The Morgan fingerprint density at radius 2 is 1.85 bits per heavy atom. The molecule has 1 N–H and O–H groups in total. The highest BCUT2D eigenvalue weighted by Gasteiger charge is 2.30. The lowest BCUT2D eigenvalue weighted by Gasteiger charge is -2.10. The number of carbonyl (C=O) groups is 1. The molecule has 0 bridgehead atoms. The lowest BCUT2D eigenvalue weighted by molar-refractivity contribution is -0.274. The number of aryl methyl sites for hydroxylation is 1. The van der Waals surface area contributed by atoms with Crippen molar-refractivity contribution in [2.45, 2.75) is 53.4 Å². The highest BCUT2D eigenvalue weighted by molar-refractivity contribution is 5.90. The van der Waals surface area contributed by atoms with Crippen molar-refractivity contribution in [3.63, 3.8) is 0 Å². The Morgan fingerprint density at radius 1 is 1.22 bits per heavy atom. The van der Waals surface area contributed by atoms with Crippen molar-refractivity contribution in [3.05, 3.63) is 41.2 Å². The van der Waals surface area contributed by atoms with E-state index in [0.29, 0.717) is 18.0 Å². The molecule has 1 heterocycles. The maximum atomic E-state index is 12.2. The number of aromatic nitrogens is 2. The van der Waals surface area contributed by atoms with Gasteiger partial charge >= 0.3 is 6.36 Å². The predicted molar refractivity (Wildman–Crippen MR) is 96.6 cm³/mol. The highest BCUT2D eigenvalue weighted by Crippen LogP contribution is 2.24. The van der Waals surface area contributed by atoms with Gasteiger partial charge in [0.2, 0.25) is 5.91 Å². The molecule has 1 amide bonds. The minimum Gasteiger partial charge on any atom is -0.406 e. The van der Waals surface area contributed by atoms with Crippen molar-refractivity contribution in [1.29, 1.82) is 0 Å². The Hall–Kier alpha value is -2.51. The summed E-state index contributed by atoms with van der Waals surface area (Å²) in [5, 5.41) is 7.21. The van der Waals surface area contributed by atoms with E-state index < -0.39 is 6.36 Å². The normalized spacial score (nSPS) is 11.7. The summed E-state index contributed by atoms with van der Waals surface area (Å²) in [7, 11) is 0. The Bertz CT molecular complexity index is 781. The summed E-state index contributed by atoms with van der Waals surface area (Å²) >= 11 is 0. The zero-order valence-electron chi connectivity index (χ0n) is 15.9. The predicted octanol–water partition coefficient (Wildman–Crippen LogP) is 4.63. The molecule has 0 saturated heterocycles. The minimum atomic E-state index is -4.74. The smallest absolute Gasteiger partial charge is 0.406 e. The number of alkyl halides is 3. The van der Waals surface area contributed by atoms with Crippen molar-refractivity contribution in [2.24, 2.45) is 5.92 Å². The molecule has 1 aromatic carbocycles. The van der Waals surface area contributed by atoms with E-state index in [1.165, 1.54) is 12.1 Å². The van der Waals surface area contributed by atoms with Crippen molar-refractivity contribution in [1.82, 2.24) is 9.78 Å². The monoisotopic (exact) mass is 383 g/mol. The van der Waals surface area contributed by atoms with Crippen molar-refractivity contribution >= 4 is 11.6 Å². The largest absolute Gasteiger partial charge is 0.573 e. The number of amides is 1. The Balaban J connectivity index is 1.92. The van der Waals surface area contributed by atoms with E-state index in [1.807, 2.05) is 18.5 Å². The first-order valence-corrected chi connectivity index (χ1v) is 8.73. The van der Waals surface area contributed by atoms with Crippen LogP contribution in [0.25, 0.3) is 0 Å². The van der Waals surface area contributed by atoms with Crippen LogP contribution >= 0.6 is 0 Å². The molecule has 0 aliphatic carbocycles. The third-order valence-electron chi connectivity index (χ3n) is 4.04. The molecule has 0 saturated carbocycles. The second-order valence-electron chi connectivity index (χ2n) is 6.85. The van der Waals surface area contributed by atoms with Crippen LogP contribution in [0.1, 0.15) is 37.2 Å². The van der Waals surface area contributed by atoms with Crippen molar-refractivity contribution < 1.29 is 22.7 Å². The molecule has 0 aliphatic rings. The summed E-state index contributed by atoms with van der Waals surface area (Å²) in [5.74, 6) is -0.0670. The highest BCUT2D eigenvalue weighted by atomic mass is 19.4. The maximum Gasteiger partial charge on any atom is 0.573 e. The van der Waals surface area contributed by atoms with Gasteiger partial charge in [0, 0.05) is 24.3 Å². The topological polar surface area (TPSA) is 56.2 Å². The number of benzene rings is 1. The molecule has 8 heteroatoms. The zero-order chi connectivity index (χ0) is 20.2. The second kappa shape index (κ2) is 8.45. The summed E-state index contributed by atoms with van der Waals surface area (Å²) in [6.45, 7) is 8.99. The van der Waals surface area contributed by atoms with Crippen LogP contribution in [0.2, 0.25) is 0 Å². The van der Waals surface area contributed by atoms with Gasteiger partial charge in [-0.2, -0.15) is 5.10 Å². The van der Waals surface area contributed by atoms with E-state index in [-0.39, 0.29) is 18.1 Å². The van der Waals surface area contributed by atoms with Crippen LogP contribution in [0.15, 0.2) is 24.3 Å². The number of hydrogen-bond acceptors (Lipinski definition) is 3. The fraction of sp³-hybridized carbons (Fsp3) is 0.474. The first-order chi connectivity index (χ1) is 12.5. The summed E-state index contributed by atoms with van der Waals surface area (Å²) in [5.41, 5.74) is 3.44. The first kappa shape index (κ1) is 20.8.